The SMILES string of the molecule is O=C(NC1CCC=C(CCCCC2(C(=O)NCC(F)(F)F)c3ccccc3-c3ccccc32)CC1)c1ccccc1-c1nc2ccccc2s1. The van der Waals surface area contributed by atoms with Crippen molar-refractivity contribution in [2.75, 3.05) is 6.54 Å². The molecule has 7 rings (SSSR count). The van der Waals surface area contributed by atoms with Crippen molar-refractivity contribution in [3.8, 4) is 21.7 Å². The lowest BCUT2D eigenvalue weighted by Crippen LogP contribution is -2.47. The quantitative estimate of drug-likeness (QED) is 0.113. The average molecular weight is 694 g/mol. The molecule has 5 aromatic rings. The number of para-hydroxylation sites is 1. The van der Waals surface area contributed by atoms with Crippen LogP contribution in [-0.2, 0) is 10.2 Å². The topological polar surface area (TPSA) is 71.1 Å². The number of amides is 2. The van der Waals surface area contributed by atoms with Crippen molar-refractivity contribution >= 4 is 33.4 Å². The van der Waals surface area contributed by atoms with E-state index in [1.54, 1.807) is 11.3 Å². The lowest BCUT2D eigenvalue weighted by molar-refractivity contribution is -0.141. The molecule has 2 aliphatic rings. The summed E-state index contributed by atoms with van der Waals surface area (Å²) in [4.78, 5) is 32.1. The van der Waals surface area contributed by atoms with Gasteiger partial charge in [-0.15, -0.1) is 11.3 Å². The molecule has 5 nitrogen and oxygen atoms in total. The average Bonchev–Trinajstić information content (AvgIpc) is 3.60. The van der Waals surface area contributed by atoms with E-state index in [0.717, 1.165) is 81.6 Å². The predicted molar refractivity (Wildman–Crippen MR) is 193 cm³/mol. The Morgan fingerprint density at radius 1 is 0.820 bits per heavy atom. The van der Waals surface area contributed by atoms with Gasteiger partial charge >= 0.3 is 6.18 Å². The van der Waals surface area contributed by atoms with Crippen molar-refractivity contribution in [1.29, 1.82) is 0 Å². The number of halogens is 3. The molecule has 0 aliphatic heterocycles. The molecule has 1 unspecified atom stereocenters. The number of fused-ring (bicyclic) bond motifs is 4. The van der Waals surface area contributed by atoms with Crippen molar-refractivity contribution < 1.29 is 22.8 Å². The minimum Gasteiger partial charge on any atom is -0.349 e. The van der Waals surface area contributed by atoms with Crippen LogP contribution in [0.15, 0.2) is 109 Å². The van der Waals surface area contributed by atoms with Gasteiger partial charge in [-0.3, -0.25) is 9.59 Å². The van der Waals surface area contributed by atoms with Gasteiger partial charge in [0.15, 0.2) is 0 Å². The lowest BCUT2D eigenvalue weighted by Gasteiger charge is -2.31. The zero-order valence-corrected chi connectivity index (χ0v) is 28.4. The molecule has 0 saturated carbocycles. The van der Waals surface area contributed by atoms with Crippen LogP contribution in [0.5, 0.6) is 0 Å². The molecule has 0 radical (unpaired) electrons. The second-order valence-electron chi connectivity index (χ2n) is 13.2. The molecule has 0 bridgehead atoms. The standard InChI is InChI=1S/C41H38F3N3O2S/c42-41(43,44)26-45-39(49)40(33-19-5-3-15-29(33)30-16-4-6-20-34(30)40)25-10-9-12-27-13-11-14-28(24-23-27)46-37(48)31-17-1-2-18-32(31)38-47-35-21-7-8-22-36(35)50-38/h1-8,13,15-22,28H,9-12,14,23-26H2,(H,45,49)(H,46,48). The van der Waals surface area contributed by atoms with Crippen LogP contribution in [0, 0.1) is 0 Å². The van der Waals surface area contributed by atoms with E-state index in [2.05, 4.69) is 16.7 Å². The first kappa shape index (κ1) is 33.7. The lowest BCUT2D eigenvalue weighted by atomic mass is 9.73. The van der Waals surface area contributed by atoms with Crippen molar-refractivity contribution in [1.82, 2.24) is 15.6 Å². The van der Waals surface area contributed by atoms with Crippen LogP contribution in [0.1, 0.15) is 72.9 Å². The Kier molecular flexibility index (Phi) is 9.60. The molecule has 256 valence electrons. The maximum Gasteiger partial charge on any atom is 0.405 e. The molecular formula is C41H38F3N3O2S. The Bertz CT molecular complexity index is 1990. The van der Waals surface area contributed by atoms with E-state index in [1.165, 1.54) is 5.57 Å². The first-order valence-corrected chi connectivity index (χ1v) is 18.0. The Morgan fingerprint density at radius 3 is 2.20 bits per heavy atom. The third kappa shape index (κ3) is 6.84. The van der Waals surface area contributed by atoms with Crippen LogP contribution in [0.3, 0.4) is 0 Å². The summed E-state index contributed by atoms with van der Waals surface area (Å²) in [6.45, 7) is -1.37. The maximum atomic E-state index is 13.8. The van der Waals surface area contributed by atoms with Crippen LogP contribution in [-0.4, -0.2) is 35.6 Å². The normalized spacial score (nSPS) is 16.6. The molecule has 2 amide bonds. The summed E-state index contributed by atoms with van der Waals surface area (Å²) in [5, 5.41) is 6.33. The molecule has 1 atom stereocenters. The van der Waals surface area contributed by atoms with E-state index in [1.807, 2.05) is 97.1 Å². The van der Waals surface area contributed by atoms with Gasteiger partial charge in [0.1, 0.15) is 17.0 Å². The summed E-state index contributed by atoms with van der Waals surface area (Å²) in [7, 11) is 0. The Balaban J connectivity index is 0.984. The van der Waals surface area contributed by atoms with E-state index < -0.39 is 24.0 Å². The highest BCUT2D eigenvalue weighted by Gasteiger charge is 2.49. The van der Waals surface area contributed by atoms with Crippen LogP contribution < -0.4 is 10.6 Å². The van der Waals surface area contributed by atoms with E-state index in [4.69, 9.17) is 4.98 Å². The number of unbranched alkanes of at least 4 members (excludes halogenated alkanes) is 1. The molecule has 0 spiro atoms. The third-order valence-corrected chi connectivity index (χ3v) is 11.1. The zero-order valence-electron chi connectivity index (χ0n) is 27.6. The van der Waals surface area contributed by atoms with Crippen LogP contribution in [0.25, 0.3) is 31.9 Å². The minimum absolute atomic E-state index is 0.0340. The number of carbonyl (C=O) groups excluding carboxylic acids is 2. The van der Waals surface area contributed by atoms with Gasteiger partial charge in [-0.1, -0.05) is 96.9 Å². The van der Waals surface area contributed by atoms with Crippen LogP contribution in [0.4, 0.5) is 13.2 Å². The van der Waals surface area contributed by atoms with Gasteiger partial charge in [0.2, 0.25) is 5.91 Å². The van der Waals surface area contributed by atoms with Gasteiger partial charge in [-0.25, -0.2) is 4.98 Å². The number of nitrogens with one attached hydrogen (secondary N) is 2. The fourth-order valence-electron chi connectivity index (χ4n) is 7.61. The Labute approximate surface area is 293 Å². The first-order chi connectivity index (χ1) is 24.2. The van der Waals surface area contributed by atoms with Crippen molar-refractivity contribution in [2.45, 2.75) is 69.0 Å². The molecule has 2 N–H and O–H groups in total. The highest BCUT2D eigenvalue weighted by atomic mass is 32.1. The van der Waals surface area contributed by atoms with Crippen molar-refractivity contribution in [2.24, 2.45) is 0 Å². The second-order valence-corrected chi connectivity index (χ2v) is 14.2. The molecular weight excluding hydrogens is 656 g/mol. The second kappa shape index (κ2) is 14.2. The molecule has 0 saturated heterocycles. The number of carbonyl (C=O) groups is 2. The number of allylic oxidation sites excluding steroid dienone is 2. The third-order valence-electron chi connectivity index (χ3n) is 9.99. The zero-order chi connectivity index (χ0) is 34.7. The van der Waals surface area contributed by atoms with Crippen molar-refractivity contribution in [3.63, 3.8) is 0 Å². The first-order valence-electron chi connectivity index (χ1n) is 17.2. The fourth-order valence-corrected chi connectivity index (χ4v) is 8.62. The van der Waals surface area contributed by atoms with Gasteiger partial charge in [0.05, 0.1) is 10.2 Å². The van der Waals surface area contributed by atoms with Gasteiger partial charge in [-0.05, 0) is 85.4 Å². The number of aromatic nitrogens is 1. The van der Waals surface area contributed by atoms with Gasteiger partial charge in [0, 0.05) is 17.2 Å². The summed E-state index contributed by atoms with van der Waals surface area (Å²) in [5.41, 5.74) is 5.81. The van der Waals surface area contributed by atoms with E-state index >= 15 is 0 Å². The van der Waals surface area contributed by atoms with E-state index in [0.29, 0.717) is 18.4 Å². The fraction of sp³-hybridized carbons (Fsp3) is 0.293. The molecule has 2 aliphatic carbocycles. The molecule has 1 heterocycles. The number of nitrogens with zero attached hydrogens (tertiary/aromatic N) is 1. The van der Waals surface area contributed by atoms with E-state index in [9.17, 15) is 22.8 Å². The number of alkyl halides is 3. The highest BCUT2D eigenvalue weighted by Crippen LogP contribution is 2.51. The van der Waals surface area contributed by atoms with E-state index in [-0.39, 0.29) is 11.9 Å². The number of hydrogen-bond acceptors (Lipinski definition) is 4. The van der Waals surface area contributed by atoms with Crippen molar-refractivity contribution in [3.05, 3.63) is 125 Å². The summed E-state index contributed by atoms with van der Waals surface area (Å²) < 4.78 is 40.8. The van der Waals surface area contributed by atoms with Crippen LogP contribution in [0.2, 0.25) is 0 Å². The number of thiazole rings is 1. The number of rotatable bonds is 10. The number of benzene rings is 4. The highest BCUT2D eigenvalue weighted by molar-refractivity contribution is 7.21. The monoisotopic (exact) mass is 693 g/mol. The molecule has 9 heteroatoms. The maximum absolute atomic E-state index is 13.8. The molecule has 1 aromatic heterocycles. The Morgan fingerprint density at radius 2 is 1.48 bits per heavy atom. The minimum atomic E-state index is -4.50. The number of hydrogen-bond donors (Lipinski definition) is 2. The Hall–Kier alpha value is -4.76. The summed E-state index contributed by atoms with van der Waals surface area (Å²) in [5.74, 6) is -0.705. The predicted octanol–water partition coefficient (Wildman–Crippen LogP) is 9.77. The van der Waals surface area contributed by atoms with Gasteiger partial charge < -0.3 is 10.6 Å². The largest absolute Gasteiger partial charge is 0.405 e. The summed E-state index contributed by atoms with van der Waals surface area (Å²) in [6, 6.07) is 30.8. The van der Waals surface area contributed by atoms with Crippen LogP contribution >= 0.6 is 11.3 Å². The van der Waals surface area contributed by atoms with Gasteiger partial charge in [0.25, 0.3) is 5.91 Å². The molecule has 50 heavy (non-hydrogen) atoms. The van der Waals surface area contributed by atoms with Gasteiger partial charge in [-0.2, -0.15) is 13.2 Å². The molecule has 4 aromatic carbocycles. The smallest absolute Gasteiger partial charge is 0.349 e. The summed E-state index contributed by atoms with van der Waals surface area (Å²) in [6.07, 6.45) is 3.86. The molecule has 0 fully saturated rings. The summed E-state index contributed by atoms with van der Waals surface area (Å²) >= 11 is 1.58.